The number of hydrogen-bond donors (Lipinski definition) is 1. The van der Waals surface area contributed by atoms with Gasteiger partial charge in [-0.2, -0.15) is 17.6 Å². The van der Waals surface area contributed by atoms with Crippen molar-refractivity contribution in [1.82, 2.24) is 24.9 Å². The van der Waals surface area contributed by atoms with E-state index in [4.69, 9.17) is 4.52 Å². The van der Waals surface area contributed by atoms with E-state index in [2.05, 4.69) is 33.0 Å². The molecule has 0 bridgehead atoms. The van der Waals surface area contributed by atoms with Crippen molar-refractivity contribution in [3.05, 3.63) is 59.0 Å². The van der Waals surface area contributed by atoms with Crippen LogP contribution < -0.4 is 0 Å². The van der Waals surface area contributed by atoms with Crippen molar-refractivity contribution in [2.24, 2.45) is 0 Å². The van der Waals surface area contributed by atoms with Crippen LogP contribution in [0.3, 0.4) is 0 Å². The number of nitrogens with zero attached hydrogens (tertiary/aromatic N) is 5. The molecule has 10 heteroatoms. The Morgan fingerprint density at radius 2 is 2.11 bits per heavy atom. The molecule has 4 rings (SSSR count). The van der Waals surface area contributed by atoms with E-state index in [0.29, 0.717) is 12.4 Å². The van der Waals surface area contributed by atoms with E-state index >= 15 is 0 Å². The summed E-state index contributed by atoms with van der Waals surface area (Å²) in [6.07, 6.45) is 0. The second-order valence-electron chi connectivity index (χ2n) is 5.59. The van der Waals surface area contributed by atoms with Crippen molar-refractivity contribution in [2.75, 3.05) is 0 Å². The highest BCUT2D eigenvalue weighted by molar-refractivity contribution is 7.80. The van der Waals surface area contributed by atoms with Gasteiger partial charge in [0.15, 0.2) is 17.5 Å². The third kappa shape index (κ3) is 3.26. The first-order valence-electron chi connectivity index (χ1n) is 8.02. The van der Waals surface area contributed by atoms with Crippen LogP contribution in [0.1, 0.15) is 23.8 Å². The van der Waals surface area contributed by atoms with Gasteiger partial charge < -0.3 is 9.09 Å². The third-order valence-corrected chi connectivity index (χ3v) is 5.25. The average molecular weight is 405 g/mol. The van der Waals surface area contributed by atoms with E-state index in [1.807, 2.05) is 29.0 Å². The molecule has 0 N–H and O–H groups in total. The quantitative estimate of drug-likeness (QED) is 0.499. The lowest BCUT2D eigenvalue weighted by Gasteiger charge is -2.09. The molecular weight excluding hydrogens is 392 g/mol. The van der Waals surface area contributed by atoms with Gasteiger partial charge >= 0.3 is 0 Å². The zero-order chi connectivity index (χ0) is 19.0. The summed E-state index contributed by atoms with van der Waals surface area (Å²) in [6.45, 7) is 2.59. The van der Waals surface area contributed by atoms with Crippen molar-refractivity contribution in [1.29, 1.82) is 0 Å². The van der Waals surface area contributed by atoms with Gasteiger partial charge in [-0.25, -0.2) is 8.78 Å². The van der Waals surface area contributed by atoms with Crippen molar-refractivity contribution in [3.63, 3.8) is 0 Å². The molecule has 3 heterocycles. The summed E-state index contributed by atoms with van der Waals surface area (Å²) in [6, 6.07) is 6.92. The summed E-state index contributed by atoms with van der Waals surface area (Å²) in [5.41, 5.74) is -0.106. The first-order chi connectivity index (χ1) is 13.1. The van der Waals surface area contributed by atoms with Crippen LogP contribution in [-0.4, -0.2) is 24.9 Å². The molecule has 0 aliphatic rings. The minimum Gasteiger partial charge on any atom is -0.334 e. The molecule has 27 heavy (non-hydrogen) atoms. The normalized spacial score (nSPS) is 12.4. The van der Waals surface area contributed by atoms with Gasteiger partial charge in [0.05, 0.1) is 10.4 Å². The molecule has 1 atom stereocenters. The van der Waals surface area contributed by atoms with Gasteiger partial charge in [-0.05, 0) is 36.6 Å². The molecule has 0 aliphatic heterocycles. The summed E-state index contributed by atoms with van der Waals surface area (Å²) in [4.78, 5) is 5.15. The molecule has 0 aliphatic carbocycles. The Bertz CT molecular complexity index is 1080. The molecule has 0 amide bonds. The average Bonchev–Trinajstić information content (AvgIpc) is 3.42. The predicted molar refractivity (Wildman–Crippen MR) is 99.5 cm³/mol. The standard InChI is InChI=1S/C17H13F2N5OS2/c1-2-24-15(12-4-3-7-27-12)21-22-16(24)13(26)14-20-17(25-23-14)10-8-9(18)5-6-11(10)19/h3-8,13,26H,2H2,1H3. The number of hydrogen-bond acceptors (Lipinski definition) is 7. The summed E-state index contributed by atoms with van der Waals surface area (Å²) < 4.78 is 34.4. The number of thiophene rings is 1. The molecule has 4 aromatic rings. The molecular formula is C17H13F2N5OS2. The molecule has 0 radical (unpaired) electrons. The zero-order valence-corrected chi connectivity index (χ0v) is 15.7. The van der Waals surface area contributed by atoms with Crippen LogP contribution in [0.4, 0.5) is 8.78 Å². The monoisotopic (exact) mass is 405 g/mol. The lowest BCUT2D eigenvalue weighted by Crippen LogP contribution is -2.08. The summed E-state index contributed by atoms with van der Waals surface area (Å²) in [5.74, 6) is 0.0792. The van der Waals surface area contributed by atoms with Gasteiger partial charge in [-0.1, -0.05) is 11.2 Å². The van der Waals surface area contributed by atoms with Gasteiger partial charge in [-0.3, -0.25) is 0 Å². The highest BCUT2D eigenvalue weighted by Crippen LogP contribution is 2.31. The molecule has 0 saturated carbocycles. The molecule has 3 aromatic heterocycles. The van der Waals surface area contributed by atoms with Crippen molar-refractivity contribution in [2.45, 2.75) is 18.7 Å². The Morgan fingerprint density at radius 1 is 1.26 bits per heavy atom. The fourth-order valence-corrected chi connectivity index (χ4v) is 3.66. The Morgan fingerprint density at radius 3 is 2.85 bits per heavy atom. The van der Waals surface area contributed by atoms with Crippen LogP contribution in [0.5, 0.6) is 0 Å². The van der Waals surface area contributed by atoms with Gasteiger partial charge in [0.1, 0.15) is 16.9 Å². The zero-order valence-electron chi connectivity index (χ0n) is 14.0. The summed E-state index contributed by atoms with van der Waals surface area (Å²) in [5, 5.41) is 13.6. The predicted octanol–water partition coefficient (Wildman–Crippen LogP) is 4.37. The Kier molecular flexibility index (Phi) is 4.75. The van der Waals surface area contributed by atoms with Crippen molar-refractivity contribution < 1.29 is 13.3 Å². The number of thiol groups is 1. The number of rotatable bonds is 5. The smallest absolute Gasteiger partial charge is 0.261 e. The first kappa shape index (κ1) is 17.8. The molecule has 0 spiro atoms. The second kappa shape index (κ2) is 7.20. The Hall–Kier alpha value is -2.59. The molecule has 1 aromatic carbocycles. The molecule has 0 fully saturated rings. The van der Waals surface area contributed by atoms with E-state index in [9.17, 15) is 8.78 Å². The lowest BCUT2D eigenvalue weighted by molar-refractivity contribution is 0.420. The molecule has 6 nitrogen and oxygen atoms in total. The van der Waals surface area contributed by atoms with Crippen LogP contribution in [0.25, 0.3) is 22.2 Å². The first-order valence-corrected chi connectivity index (χ1v) is 9.42. The van der Waals surface area contributed by atoms with E-state index < -0.39 is 16.9 Å². The summed E-state index contributed by atoms with van der Waals surface area (Å²) in [7, 11) is 0. The van der Waals surface area contributed by atoms with E-state index in [1.54, 1.807) is 11.3 Å². The fraction of sp³-hybridized carbons (Fsp3) is 0.176. The largest absolute Gasteiger partial charge is 0.334 e. The maximum Gasteiger partial charge on any atom is 0.261 e. The highest BCUT2D eigenvalue weighted by atomic mass is 32.1. The maximum absolute atomic E-state index is 13.9. The minimum atomic E-state index is -0.654. The number of benzene rings is 1. The Balaban J connectivity index is 1.69. The third-order valence-electron chi connectivity index (χ3n) is 3.93. The van der Waals surface area contributed by atoms with Gasteiger partial charge in [-0.15, -0.1) is 21.5 Å². The number of aromatic nitrogens is 5. The summed E-state index contributed by atoms with van der Waals surface area (Å²) >= 11 is 6.10. The van der Waals surface area contributed by atoms with Crippen molar-refractivity contribution >= 4 is 24.0 Å². The molecule has 138 valence electrons. The lowest BCUT2D eigenvalue weighted by atomic mass is 10.2. The topological polar surface area (TPSA) is 69.6 Å². The fourth-order valence-electron chi connectivity index (χ4n) is 2.65. The van der Waals surface area contributed by atoms with Gasteiger partial charge in [0, 0.05) is 6.54 Å². The van der Waals surface area contributed by atoms with Crippen LogP contribution in [0, 0.1) is 11.6 Å². The van der Waals surface area contributed by atoms with Crippen LogP contribution >= 0.6 is 24.0 Å². The second-order valence-corrected chi connectivity index (χ2v) is 7.05. The van der Waals surface area contributed by atoms with Crippen molar-refractivity contribution in [3.8, 4) is 22.2 Å². The van der Waals surface area contributed by atoms with E-state index in [-0.39, 0.29) is 17.3 Å². The minimum absolute atomic E-state index is 0.106. The molecule has 0 saturated heterocycles. The van der Waals surface area contributed by atoms with Gasteiger partial charge in [0.25, 0.3) is 5.89 Å². The maximum atomic E-state index is 13.9. The number of halogens is 2. The van der Waals surface area contributed by atoms with Crippen LogP contribution in [0.2, 0.25) is 0 Å². The van der Waals surface area contributed by atoms with E-state index in [1.165, 1.54) is 0 Å². The van der Waals surface area contributed by atoms with Crippen LogP contribution in [-0.2, 0) is 6.54 Å². The molecule has 1 unspecified atom stereocenters. The Labute approximate surface area is 162 Å². The SMILES string of the molecule is CCn1c(-c2cccs2)nnc1C(S)c1noc(-c2cc(F)ccc2F)n1. The van der Waals surface area contributed by atoms with E-state index in [0.717, 1.165) is 28.9 Å². The van der Waals surface area contributed by atoms with Gasteiger partial charge in [0.2, 0.25) is 0 Å². The van der Waals surface area contributed by atoms with Crippen LogP contribution in [0.15, 0.2) is 40.2 Å². The highest BCUT2D eigenvalue weighted by Gasteiger charge is 2.25.